The van der Waals surface area contributed by atoms with Crippen molar-refractivity contribution in [1.82, 2.24) is 4.90 Å². The van der Waals surface area contributed by atoms with Gasteiger partial charge in [-0.3, -0.25) is 0 Å². The number of hydrogen-bond acceptors (Lipinski definition) is 2. The van der Waals surface area contributed by atoms with Gasteiger partial charge in [0.25, 0.3) is 0 Å². The van der Waals surface area contributed by atoms with Crippen LogP contribution < -0.4 is 0 Å². The van der Waals surface area contributed by atoms with E-state index in [9.17, 15) is 4.79 Å². The Morgan fingerprint density at radius 3 is 1.80 bits per heavy atom. The number of nitrogens with one attached hydrogen (secondary N) is 1. The van der Waals surface area contributed by atoms with E-state index in [0.29, 0.717) is 6.41 Å². The Labute approximate surface area is 112 Å². The molecule has 0 aromatic rings. The van der Waals surface area contributed by atoms with Gasteiger partial charge in [0.1, 0.15) is 0 Å². The second kappa shape index (κ2) is 6.55. The van der Waals surface area contributed by atoms with Gasteiger partial charge in [0.2, 0.25) is 0 Å². The molecule has 0 aliphatic rings. The fourth-order valence-electron chi connectivity index (χ4n) is 1.08. The number of carbonyl (C=O) groups excluding carboxylic acids is 1. The topological polar surface area (TPSA) is 44.2 Å². The Hall–Kier alpha value is -0.00338. The zero-order valence-electron chi connectivity index (χ0n) is 9.25. The quantitative estimate of drug-likeness (QED) is 0.322. The number of allylic oxidation sites excluding steroid dienone is 2. The van der Waals surface area contributed by atoms with Crippen molar-refractivity contribution < 1.29 is 43.5 Å². The molecule has 82 valence electrons. The van der Waals surface area contributed by atoms with Gasteiger partial charge < -0.3 is 0 Å². The number of rotatable bonds is 4. The van der Waals surface area contributed by atoms with Crippen molar-refractivity contribution in [1.29, 1.82) is 5.41 Å². The van der Waals surface area contributed by atoms with Gasteiger partial charge in [-0.1, -0.05) is 0 Å². The fraction of sp³-hybridized carbons (Fsp3) is 0.400. The van der Waals surface area contributed by atoms with E-state index in [2.05, 4.69) is 0 Å². The number of amidine groups is 1. The molecule has 0 heterocycles. The molecule has 0 aliphatic heterocycles. The average molecular weight is 546 g/mol. The zero-order chi connectivity index (χ0) is 12.2. The van der Waals surface area contributed by atoms with Crippen molar-refractivity contribution in [3.63, 3.8) is 0 Å². The number of hydrogen-bond donors (Lipinski definition) is 1. The fourth-order valence-corrected chi connectivity index (χ4v) is 2.33. The van der Waals surface area contributed by atoms with Crippen molar-refractivity contribution >= 4 is 20.0 Å². The molecular weight excluding hydrogens is 532 g/mol. The summed E-state index contributed by atoms with van der Waals surface area (Å²) in [7, 11) is 0. The molecule has 0 bridgehead atoms. The van der Waals surface area contributed by atoms with Crippen LogP contribution >= 0.6 is 0 Å². The van der Waals surface area contributed by atoms with Crippen LogP contribution in [0.15, 0.2) is 11.3 Å². The predicted molar refractivity (Wildman–Crippen MR) is 55.4 cm³/mol. The molecule has 0 saturated carbocycles. The van der Waals surface area contributed by atoms with Gasteiger partial charge in [0.05, 0.1) is 0 Å². The summed E-state index contributed by atoms with van der Waals surface area (Å²) in [6.07, 6.45) is 0.714. The standard InChI is InChI=1S/C10H14N2O.2W/c1-5-8(3)10(6-2)12(7-13)9(4)11;;/h7,11H,1-4H3;;. The first-order chi connectivity index (χ1) is 6.82. The monoisotopic (exact) mass is 546 g/mol. The van der Waals surface area contributed by atoms with Crippen LogP contribution in [-0.4, -0.2) is 24.9 Å². The first-order valence-corrected chi connectivity index (χ1v) is 7.28. The van der Waals surface area contributed by atoms with E-state index in [4.69, 9.17) is 5.41 Å². The van der Waals surface area contributed by atoms with Gasteiger partial charge in [-0.2, -0.15) is 0 Å². The third-order valence-corrected chi connectivity index (χ3v) is 3.72. The van der Waals surface area contributed by atoms with E-state index < -0.39 is 0 Å². The molecule has 0 saturated heterocycles. The van der Waals surface area contributed by atoms with Crippen LogP contribution in [-0.2, 0) is 43.5 Å². The summed E-state index contributed by atoms with van der Waals surface area (Å²) in [4.78, 5) is 12.4. The van der Waals surface area contributed by atoms with Crippen molar-refractivity contribution in [2.75, 3.05) is 0 Å². The van der Waals surface area contributed by atoms with Crippen LogP contribution in [0.2, 0.25) is 0 Å². The van der Waals surface area contributed by atoms with Gasteiger partial charge >= 0.3 is 113 Å². The number of nitrogens with zero attached hydrogens (tertiary/aromatic N) is 1. The minimum atomic E-state index is 0.260. The molecule has 3 nitrogen and oxygen atoms in total. The molecule has 0 rings (SSSR count). The summed E-state index contributed by atoms with van der Waals surface area (Å²) in [5.74, 6) is 0.260. The van der Waals surface area contributed by atoms with Crippen molar-refractivity contribution in [3.05, 3.63) is 11.3 Å². The van der Waals surface area contributed by atoms with E-state index in [1.54, 1.807) is 6.92 Å². The Bertz CT molecular complexity index is 358. The van der Waals surface area contributed by atoms with Crippen LogP contribution in [0.4, 0.5) is 0 Å². The van der Waals surface area contributed by atoms with Gasteiger partial charge in [0.15, 0.2) is 0 Å². The van der Waals surface area contributed by atoms with Crippen LogP contribution in [0.5, 0.6) is 0 Å². The van der Waals surface area contributed by atoms with Crippen LogP contribution in [0, 0.1) is 5.41 Å². The summed E-state index contributed by atoms with van der Waals surface area (Å²) in [5, 5.41) is 7.56. The van der Waals surface area contributed by atoms with E-state index in [1.165, 1.54) is 47.5 Å². The maximum absolute atomic E-state index is 11.0. The summed E-state index contributed by atoms with van der Waals surface area (Å²) in [6.45, 7) is 7.67. The summed E-state index contributed by atoms with van der Waals surface area (Å²) >= 11 is 2.72. The third-order valence-electron chi connectivity index (χ3n) is 1.92. The molecule has 5 heteroatoms. The average Bonchev–Trinajstić information content (AvgIpc) is 2.11. The molecular formula is C10H14N2OW2. The first kappa shape index (κ1) is 15.0. The van der Waals surface area contributed by atoms with Crippen molar-refractivity contribution in [3.8, 4) is 0 Å². The SMILES string of the molecule is CC(=N)N(C=O)C([C](C)=[W])=C(C)[C](C)=[W]. The van der Waals surface area contributed by atoms with Gasteiger partial charge in [-0.05, 0) is 0 Å². The molecule has 0 spiro atoms. The minimum absolute atomic E-state index is 0.260. The van der Waals surface area contributed by atoms with Gasteiger partial charge in [0, 0.05) is 0 Å². The van der Waals surface area contributed by atoms with E-state index in [1.807, 2.05) is 20.8 Å². The molecule has 0 aliphatic carbocycles. The molecule has 0 fully saturated rings. The van der Waals surface area contributed by atoms with Crippen LogP contribution in [0.25, 0.3) is 0 Å². The molecule has 0 aromatic carbocycles. The summed E-state index contributed by atoms with van der Waals surface area (Å²) < 4.78 is 2.38. The van der Waals surface area contributed by atoms with Gasteiger partial charge in [-0.15, -0.1) is 0 Å². The second-order valence-corrected chi connectivity index (χ2v) is 7.55. The molecule has 0 unspecified atom stereocenters. The molecule has 0 aromatic heterocycles. The van der Waals surface area contributed by atoms with Gasteiger partial charge in [-0.25, -0.2) is 0 Å². The Balaban J connectivity index is 5.60. The maximum atomic E-state index is 11.0. The molecule has 0 radical (unpaired) electrons. The summed E-state index contributed by atoms with van der Waals surface area (Å²) in [5.41, 5.74) is 2.00. The number of amides is 1. The predicted octanol–water partition coefficient (Wildman–Crippen LogP) is 1.19. The van der Waals surface area contributed by atoms with Crippen molar-refractivity contribution in [2.24, 2.45) is 0 Å². The third kappa shape index (κ3) is 4.16. The molecule has 0 atom stereocenters. The zero-order valence-corrected chi connectivity index (χ0v) is 15.1. The summed E-state index contributed by atoms with van der Waals surface area (Å²) in [6, 6.07) is 0. The molecule has 1 amide bonds. The molecule has 1 N–H and O–H groups in total. The Morgan fingerprint density at radius 1 is 1.13 bits per heavy atom. The molecule has 15 heavy (non-hydrogen) atoms. The Morgan fingerprint density at radius 2 is 1.60 bits per heavy atom. The van der Waals surface area contributed by atoms with E-state index in [0.717, 1.165) is 15.2 Å². The normalized spacial score (nSPS) is 11.5. The van der Waals surface area contributed by atoms with Crippen molar-refractivity contribution in [2.45, 2.75) is 27.7 Å². The second-order valence-electron chi connectivity index (χ2n) is 3.15. The first-order valence-electron chi connectivity index (χ1n) is 4.35. The van der Waals surface area contributed by atoms with E-state index >= 15 is 0 Å². The van der Waals surface area contributed by atoms with Crippen LogP contribution in [0.1, 0.15) is 27.7 Å². The Kier molecular flexibility index (Phi) is 6.55. The number of carbonyl (C=O) groups is 1. The van der Waals surface area contributed by atoms with Crippen LogP contribution in [0.3, 0.4) is 0 Å². The van der Waals surface area contributed by atoms with E-state index in [-0.39, 0.29) is 5.84 Å².